The van der Waals surface area contributed by atoms with Crippen LogP contribution < -0.4 is 15.4 Å². The van der Waals surface area contributed by atoms with E-state index < -0.39 is 10.0 Å². The Kier molecular flexibility index (Phi) is 6.17. The lowest BCUT2D eigenvalue weighted by Crippen LogP contribution is -2.29. The molecule has 2 aromatic heterocycles. The normalized spacial score (nSPS) is 11.1. The summed E-state index contributed by atoms with van der Waals surface area (Å²) in [5, 5.41) is 14.6. The SMILES string of the molecule is O=S(=O)(NCCNc1ccc(Nc2ccncc2)nn1)c1cccc(Cl)c1. The van der Waals surface area contributed by atoms with E-state index in [-0.39, 0.29) is 11.4 Å². The first-order valence-corrected chi connectivity index (χ1v) is 9.89. The van der Waals surface area contributed by atoms with Crippen molar-refractivity contribution < 1.29 is 8.42 Å². The van der Waals surface area contributed by atoms with Crippen molar-refractivity contribution in [3.63, 3.8) is 0 Å². The minimum Gasteiger partial charge on any atom is -0.367 e. The predicted octanol–water partition coefficient (Wildman–Crippen LogP) is 2.66. The Morgan fingerprint density at radius 3 is 2.37 bits per heavy atom. The van der Waals surface area contributed by atoms with Crippen molar-refractivity contribution in [1.82, 2.24) is 19.9 Å². The van der Waals surface area contributed by atoms with E-state index in [9.17, 15) is 8.42 Å². The molecule has 3 aromatic rings. The first-order chi connectivity index (χ1) is 13.0. The predicted molar refractivity (Wildman–Crippen MR) is 105 cm³/mol. The summed E-state index contributed by atoms with van der Waals surface area (Å²) < 4.78 is 26.9. The zero-order valence-electron chi connectivity index (χ0n) is 14.1. The molecule has 0 bridgehead atoms. The Bertz CT molecular complexity index is 984. The van der Waals surface area contributed by atoms with Gasteiger partial charge in [0.15, 0.2) is 5.82 Å². The molecule has 3 rings (SSSR count). The third-order valence-corrected chi connectivity index (χ3v) is 5.14. The Labute approximate surface area is 162 Å². The number of hydrogen-bond donors (Lipinski definition) is 3. The van der Waals surface area contributed by atoms with Gasteiger partial charge in [0.25, 0.3) is 0 Å². The maximum Gasteiger partial charge on any atom is 0.240 e. The van der Waals surface area contributed by atoms with Crippen LogP contribution in [0.4, 0.5) is 17.3 Å². The molecule has 2 heterocycles. The molecule has 8 nitrogen and oxygen atoms in total. The van der Waals surface area contributed by atoms with E-state index >= 15 is 0 Å². The van der Waals surface area contributed by atoms with Crippen molar-refractivity contribution >= 4 is 38.9 Å². The molecule has 1 aromatic carbocycles. The van der Waals surface area contributed by atoms with Gasteiger partial charge in [-0.05, 0) is 42.5 Å². The maximum atomic E-state index is 12.2. The lowest BCUT2D eigenvalue weighted by molar-refractivity contribution is 0.583. The minimum atomic E-state index is -3.60. The molecule has 0 saturated carbocycles. The molecule has 0 fully saturated rings. The number of anilines is 3. The number of pyridine rings is 1. The van der Waals surface area contributed by atoms with E-state index in [1.807, 2.05) is 12.1 Å². The zero-order chi connectivity index (χ0) is 19.1. The summed E-state index contributed by atoms with van der Waals surface area (Å²) in [5.41, 5.74) is 0.857. The third-order valence-electron chi connectivity index (χ3n) is 3.45. The number of halogens is 1. The molecule has 3 N–H and O–H groups in total. The maximum absolute atomic E-state index is 12.2. The lowest BCUT2D eigenvalue weighted by Gasteiger charge is -2.09. The second-order valence-electron chi connectivity index (χ2n) is 5.45. The van der Waals surface area contributed by atoms with E-state index in [1.165, 1.54) is 12.1 Å². The van der Waals surface area contributed by atoms with Gasteiger partial charge >= 0.3 is 0 Å². The smallest absolute Gasteiger partial charge is 0.240 e. The van der Waals surface area contributed by atoms with Gasteiger partial charge in [-0.15, -0.1) is 10.2 Å². The first-order valence-electron chi connectivity index (χ1n) is 8.03. The fourth-order valence-electron chi connectivity index (χ4n) is 2.17. The first kappa shape index (κ1) is 19.0. The number of nitrogens with zero attached hydrogens (tertiary/aromatic N) is 3. The molecule has 0 spiro atoms. The van der Waals surface area contributed by atoms with Crippen molar-refractivity contribution in [2.45, 2.75) is 4.90 Å². The summed E-state index contributed by atoms with van der Waals surface area (Å²) in [7, 11) is -3.60. The van der Waals surface area contributed by atoms with Crippen molar-refractivity contribution in [2.75, 3.05) is 23.7 Å². The molecular formula is C17H17ClN6O2S. The minimum absolute atomic E-state index is 0.126. The molecule has 0 amide bonds. The van der Waals surface area contributed by atoms with Crippen LogP contribution in [0.3, 0.4) is 0 Å². The van der Waals surface area contributed by atoms with Gasteiger partial charge in [0.1, 0.15) is 5.82 Å². The molecule has 0 aliphatic rings. The van der Waals surface area contributed by atoms with Crippen LogP contribution >= 0.6 is 11.6 Å². The number of rotatable bonds is 8. The number of sulfonamides is 1. The Hall–Kier alpha value is -2.75. The van der Waals surface area contributed by atoms with Gasteiger partial charge in [-0.3, -0.25) is 4.98 Å². The second-order valence-corrected chi connectivity index (χ2v) is 7.65. The van der Waals surface area contributed by atoms with Crippen molar-refractivity contribution in [2.24, 2.45) is 0 Å². The van der Waals surface area contributed by atoms with E-state index in [2.05, 4.69) is 30.5 Å². The Morgan fingerprint density at radius 2 is 1.67 bits per heavy atom. The van der Waals surface area contributed by atoms with Crippen LogP contribution in [0.5, 0.6) is 0 Å². The fraction of sp³-hybridized carbons (Fsp3) is 0.118. The van der Waals surface area contributed by atoms with Gasteiger partial charge in [0, 0.05) is 36.2 Å². The van der Waals surface area contributed by atoms with Gasteiger partial charge in [-0.1, -0.05) is 17.7 Å². The lowest BCUT2D eigenvalue weighted by atomic mass is 10.4. The number of hydrogen-bond acceptors (Lipinski definition) is 7. The van der Waals surface area contributed by atoms with Crippen molar-refractivity contribution in [3.05, 3.63) is 65.9 Å². The standard InChI is InChI=1S/C17H17ClN6O2S/c18-13-2-1-3-15(12-13)27(25,26)21-11-10-20-16-4-5-17(24-23-16)22-14-6-8-19-9-7-14/h1-9,12,21H,10-11H2,(H,20,23)(H,19,22,24). The molecule has 27 heavy (non-hydrogen) atoms. The highest BCUT2D eigenvalue weighted by molar-refractivity contribution is 7.89. The van der Waals surface area contributed by atoms with Gasteiger partial charge in [0.2, 0.25) is 10.0 Å². The zero-order valence-corrected chi connectivity index (χ0v) is 15.7. The van der Waals surface area contributed by atoms with E-state index in [1.54, 1.807) is 36.7 Å². The molecule has 0 saturated heterocycles. The summed E-state index contributed by atoms with van der Waals surface area (Å²) in [4.78, 5) is 4.07. The van der Waals surface area contributed by atoms with Crippen LogP contribution in [0.15, 0.2) is 65.8 Å². The number of benzene rings is 1. The molecule has 140 valence electrons. The number of nitrogens with one attached hydrogen (secondary N) is 3. The topological polar surface area (TPSA) is 109 Å². The number of aromatic nitrogens is 3. The van der Waals surface area contributed by atoms with E-state index in [4.69, 9.17) is 11.6 Å². The summed E-state index contributed by atoms with van der Waals surface area (Å²) >= 11 is 5.83. The average Bonchev–Trinajstić information content (AvgIpc) is 2.67. The molecule has 0 aliphatic carbocycles. The second kappa shape index (κ2) is 8.76. The van der Waals surface area contributed by atoms with Gasteiger partial charge < -0.3 is 10.6 Å². The van der Waals surface area contributed by atoms with Gasteiger partial charge in [0.05, 0.1) is 4.90 Å². The van der Waals surface area contributed by atoms with Crippen LogP contribution in [0.1, 0.15) is 0 Å². The Balaban J connectivity index is 1.48. The van der Waals surface area contributed by atoms with Crippen LogP contribution in [-0.2, 0) is 10.0 Å². The highest BCUT2D eigenvalue weighted by Crippen LogP contribution is 2.15. The van der Waals surface area contributed by atoms with Gasteiger partial charge in [-0.25, -0.2) is 13.1 Å². The molecule has 0 radical (unpaired) electrons. The van der Waals surface area contributed by atoms with Crippen LogP contribution in [0, 0.1) is 0 Å². The summed E-state index contributed by atoms with van der Waals surface area (Å²) in [6, 6.07) is 13.3. The largest absolute Gasteiger partial charge is 0.367 e. The average molecular weight is 405 g/mol. The Morgan fingerprint density at radius 1 is 0.926 bits per heavy atom. The molecule has 0 unspecified atom stereocenters. The van der Waals surface area contributed by atoms with Crippen LogP contribution in [0.2, 0.25) is 5.02 Å². The molecule has 0 aliphatic heterocycles. The molecule has 10 heteroatoms. The summed E-state index contributed by atoms with van der Waals surface area (Å²) in [5.74, 6) is 1.13. The quantitative estimate of drug-likeness (QED) is 0.495. The molecule has 0 atom stereocenters. The van der Waals surface area contributed by atoms with Crippen molar-refractivity contribution in [3.8, 4) is 0 Å². The third kappa shape index (κ3) is 5.61. The monoisotopic (exact) mass is 404 g/mol. The highest BCUT2D eigenvalue weighted by Gasteiger charge is 2.13. The van der Waals surface area contributed by atoms with Crippen LogP contribution in [-0.4, -0.2) is 36.7 Å². The fourth-order valence-corrected chi connectivity index (χ4v) is 3.50. The van der Waals surface area contributed by atoms with Crippen LogP contribution in [0.25, 0.3) is 0 Å². The van der Waals surface area contributed by atoms with Gasteiger partial charge in [-0.2, -0.15) is 0 Å². The van der Waals surface area contributed by atoms with Crippen molar-refractivity contribution in [1.29, 1.82) is 0 Å². The summed E-state index contributed by atoms with van der Waals surface area (Å²) in [6.07, 6.45) is 3.35. The highest BCUT2D eigenvalue weighted by atomic mass is 35.5. The molecular weight excluding hydrogens is 388 g/mol. The summed E-state index contributed by atoms with van der Waals surface area (Å²) in [6.45, 7) is 0.541. The van der Waals surface area contributed by atoms with E-state index in [0.717, 1.165) is 5.69 Å². The van der Waals surface area contributed by atoms with E-state index in [0.29, 0.717) is 23.2 Å².